The van der Waals surface area contributed by atoms with Crippen molar-refractivity contribution in [3.63, 3.8) is 0 Å². The van der Waals surface area contributed by atoms with Crippen molar-refractivity contribution in [1.29, 1.82) is 5.41 Å². The SMILES string of the molecule is N=C(N)c1cc(C(N)N)c(N)cc1N. The summed E-state index contributed by atoms with van der Waals surface area (Å²) >= 11 is 0. The van der Waals surface area contributed by atoms with E-state index in [0.29, 0.717) is 22.5 Å². The standard InChI is InChI=1S/C8H14N6/c9-5-2-6(10)4(8(13)14)1-3(5)7(11)12/h1-2,7H,9-12H2,(H3,13,14). The third kappa shape index (κ3) is 1.76. The fourth-order valence-electron chi connectivity index (χ4n) is 1.17. The van der Waals surface area contributed by atoms with Crippen LogP contribution in [-0.4, -0.2) is 5.84 Å². The van der Waals surface area contributed by atoms with Gasteiger partial charge in [-0.1, -0.05) is 0 Å². The Kier molecular flexibility index (Phi) is 2.59. The number of amidine groups is 1. The van der Waals surface area contributed by atoms with Crippen LogP contribution >= 0.6 is 0 Å². The van der Waals surface area contributed by atoms with E-state index in [9.17, 15) is 0 Å². The van der Waals surface area contributed by atoms with Crippen LogP contribution < -0.4 is 28.7 Å². The van der Waals surface area contributed by atoms with E-state index in [2.05, 4.69) is 0 Å². The first-order chi connectivity index (χ1) is 6.43. The van der Waals surface area contributed by atoms with E-state index < -0.39 is 6.17 Å². The largest absolute Gasteiger partial charge is 0.398 e. The molecular weight excluding hydrogens is 180 g/mol. The van der Waals surface area contributed by atoms with Gasteiger partial charge in [0.2, 0.25) is 0 Å². The van der Waals surface area contributed by atoms with Crippen molar-refractivity contribution < 1.29 is 0 Å². The second kappa shape index (κ2) is 3.52. The Morgan fingerprint density at radius 2 is 1.71 bits per heavy atom. The van der Waals surface area contributed by atoms with Crippen molar-refractivity contribution >= 4 is 17.2 Å². The second-order valence-electron chi connectivity index (χ2n) is 3.01. The summed E-state index contributed by atoms with van der Waals surface area (Å²) in [6.07, 6.45) is -0.700. The monoisotopic (exact) mass is 194 g/mol. The van der Waals surface area contributed by atoms with Crippen LogP contribution in [0.1, 0.15) is 17.3 Å². The Hall–Kier alpha value is -1.79. The molecule has 0 radical (unpaired) electrons. The summed E-state index contributed by atoms with van der Waals surface area (Å²) in [6.45, 7) is 0. The quantitative estimate of drug-likeness (QED) is 0.155. The lowest BCUT2D eigenvalue weighted by Crippen LogP contribution is -2.23. The first-order valence-corrected chi connectivity index (χ1v) is 3.98. The molecule has 11 N–H and O–H groups in total. The van der Waals surface area contributed by atoms with Gasteiger partial charge in [0, 0.05) is 22.5 Å². The number of benzene rings is 1. The van der Waals surface area contributed by atoms with Crippen molar-refractivity contribution in [1.82, 2.24) is 0 Å². The lowest BCUT2D eigenvalue weighted by Gasteiger charge is -2.13. The molecule has 0 spiro atoms. The molecule has 6 heteroatoms. The topological polar surface area (TPSA) is 154 Å². The summed E-state index contributed by atoms with van der Waals surface area (Å²) in [4.78, 5) is 0. The van der Waals surface area contributed by atoms with E-state index in [1.807, 2.05) is 0 Å². The number of nitrogens with one attached hydrogen (secondary N) is 1. The molecule has 0 saturated carbocycles. The summed E-state index contributed by atoms with van der Waals surface area (Å²) in [6, 6.07) is 3.04. The molecule has 1 aromatic rings. The van der Waals surface area contributed by atoms with Crippen LogP contribution in [0.25, 0.3) is 0 Å². The maximum atomic E-state index is 7.26. The predicted molar refractivity (Wildman–Crippen MR) is 57.4 cm³/mol. The van der Waals surface area contributed by atoms with Crippen LogP contribution in [0.5, 0.6) is 0 Å². The summed E-state index contributed by atoms with van der Waals surface area (Å²) in [7, 11) is 0. The number of anilines is 2. The number of nitrogens with two attached hydrogens (primary N) is 5. The summed E-state index contributed by atoms with van der Waals surface area (Å²) in [5, 5.41) is 7.26. The maximum Gasteiger partial charge on any atom is 0.124 e. The highest BCUT2D eigenvalue weighted by Crippen LogP contribution is 2.22. The van der Waals surface area contributed by atoms with E-state index in [0.717, 1.165) is 0 Å². The van der Waals surface area contributed by atoms with E-state index in [1.165, 1.54) is 12.1 Å². The zero-order valence-corrected chi connectivity index (χ0v) is 7.62. The first kappa shape index (κ1) is 10.3. The summed E-state index contributed by atoms with van der Waals surface area (Å²) in [5.74, 6) is -0.135. The van der Waals surface area contributed by atoms with Gasteiger partial charge in [-0.25, -0.2) is 0 Å². The van der Waals surface area contributed by atoms with Gasteiger partial charge < -0.3 is 28.7 Å². The highest BCUT2D eigenvalue weighted by molar-refractivity contribution is 6.00. The normalized spacial score (nSPS) is 10.5. The van der Waals surface area contributed by atoms with E-state index in [4.69, 9.17) is 34.1 Å². The van der Waals surface area contributed by atoms with E-state index in [-0.39, 0.29) is 5.84 Å². The third-order valence-electron chi connectivity index (χ3n) is 1.90. The molecule has 14 heavy (non-hydrogen) atoms. The van der Waals surface area contributed by atoms with E-state index in [1.54, 1.807) is 0 Å². The number of hydrogen-bond donors (Lipinski definition) is 6. The lowest BCUT2D eigenvalue weighted by molar-refractivity contribution is 0.776. The van der Waals surface area contributed by atoms with Crippen molar-refractivity contribution in [2.45, 2.75) is 6.17 Å². The van der Waals surface area contributed by atoms with Crippen LogP contribution in [0.2, 0.25) is 0 Å². The van der Waals surface area contributed by atoms with Gasteiger partial charge in [-0.05, 0) is 12.1 Å². The Bertz CT molecular complexity index is 370. The van der Waals surface area contributed by atoms with Crippen molar-refractivity contribution in [3.05, 3.63) is 23.3 Å². The Morgan fingerprint density at radius 1 is 1.14 bits per heavy atom. The molecule has 6 nitrogen and oxygen atoms in total. The minimum absolute atomic E-state index is 0.135. The summed E-state index contributed by atoms with van der Waals surface area (Å²) < 4.78 is 0. The molecule has 1 rings (SSSR count). The van der Waals surface area contributed by atoms with Crippen molar-refractivity contribution in [3.8, 4) is 0 Å². The highest BCUT2D eigenvalue weighted by atomic mass is 14.9. The predicted octanol–water partition coefficient (Wildman–Crippen LogP) is -0.949. The van der Waals surface area contributed by atoms with Crippen LogP contribution in [0.4, 0.5) is 11.4 Å². The molecule has 0 heterocycles. The third-order valence-corrected chi connectivity index (χ3v) is 1.90. The number of hydrogen-bond acceptors (Lipinski definition) is 5. The molecule has 0 saturated heterocycles. The zero-order chi connectivity index (χ0) is 10.9. The van der Waals surface area contributed by atoms with Crippen LogP contribution in [0, 0.1) is 5.41 Å². The van der Waals surface area contributed by atoms with Gasteiger partial charge in [0.1, 0.15) is 5.84 Å². The van der Waals surface area contributed by atoms with Crippen LogP contribution in [0.15, 0.2) is 12.1 Å². The van der Waals surface area contributed by atoms with Gasteiger partial charge in [-0.15, -0.1) is 0 Å². The molecule has 1 aromatic carbocycles. The Labute approximate surface area is 81.5 Å². The number of nitrogen functional groups attached to an aromatic ring is 3. The molecule has 0 aliphatic rings. The van der Waals surface area contributed by atoms with E-state index >= 15 is 0 Å². The second-order valence-corrected chi connectivity index (χ2v) is 3.01. The fraction of sp³-hybridized carbons (Fsp3) is 0.125. The average molecular weight is 194 g/mol. The average Bonchev–Trinajstić information content (AvgIpc) is 2.02. The molecular formula is C8H14N6. The van der Waals surface area contributed by atoms with Gasteiger partial charge >= 0.3 is 0 Å². The van der Waals surface area contributed by atoms with Crippen LogP contribution in [-0.2, 0) is 0 Å². The molecule has 0 aliphatic heterocycles. The van der Waals surface area contributed by atoms with Crippen molar-refractivity contribution in [2.24, 2.45) is 17.2 Å². The molecule has 0 aromatic heterocycles. The molecule has 0 atom stereocenters. The van der Waals surface area contributed by atoms with Gasteiger partial charge in [0.15, 0.2) is 0 Å². The van der Waals surface area contributed by atoms with Gasteiger partial charge in [0.25, 0.3) is 0 Å². The van der Waals surface area contributed by atoms with Gasteiger partial charge in [0.05, 0.1) is 6.17 Å². The zero-order valence-electron chi connectivity index (χ0n) is 7.62. The molecule has 0 bridgehead atoms. The minimum atomic E-state index is -0.700. The molecule has 0 unspecified atom stereocenters. The minimum Gasteiger partial charge on any atom is -0.398 e. The van der Waals surface area contributed by atoms with Gasteiger partial charge in [-0.2, -0.15) is 0 Å². The fourth-order valence-corrected chi connectivity index (χ4v) is 1.17. The Morgan fingerprint density at radius 3 is 2.14 bits per heavy atom. The molecule has 0 fully saturated rings. The smallest absolute Gasteiger partial charge is 0.124 e. The molecule has 0 amide bonds. The summed E-state index contributed by atoms with van der Waals surface area (Å²) in [5.41, 5.74) is 29.2. The lowest BCUT2D eigenvalue weighted by atomic mass is 10.0. The van der Waals surface area contributed by atoms with Crippen LogP contribution in [0.3, 0.4) is 0 Å². The molecule has 76 valence electrons. The first-order valence-electron chi connectivity index (χ1n) is 3.98. The Balaban J connectivity index is 3.34. The van der Waals surface area contributed by atoms with Crippen molar-refractivity contribution in [2.75, 3.05) is 11.5 Å². The maximum absolute atomic E-state index is 7.26. The highest BCUT2D eigenvalue weighted by Gasteiger charge is 2.10. The van der Waals surface area contributed by atoms with Gasteiger partial charge in [-0.3, -0.25) is 5.41 Å². The molecule has 0 aliphatic carbocycles. The number of rotatable bonds is 2.